The molecule has 1 aliphatic rings. The summed E-state index contributed by atoms with van der Waals surface area (Å²) in [7, 11) is 1.78. The Hall–Kier alpha value is -1.18. The van der Waals surface area contributed by atoms with Crippen LogP contribution in [-0.4, -0.2) is 56.0 Å². The minimum absolute atomic E-state index is 0.0172. The van der Waals surface area contributed by atoms with Gasteiger partial charge in [-0.1, -0.05) is 20.8 Å². The highest BCUT2D eigenvalue weighted by Gasteiger charge is 2.34. The number of aromatic nitrogens is 1. The first-order valence-corrected chi connectivity index (χ1v) is 9.84. The summed E-state index contributed by atoms with van der Waals surface area (Å²) in [5.74, 6) is 0.789. The van der Waals surface area contributed by atoms with Gasteiger partial charge in [0.05, 0.1) is 17.3 Å². The third-order valence-electron chi connectivity index (χ3n) is 4.63. The quantitative estimate of drug-likeness (QED) is 0.506. The molecule has 7 heteroatoms. The van der Waals surface area contributed by atoms with E-state index in [1.165, 1.54) is 0 Å². The standard InChI is InChI=1S/C18H32N4O2S/c1-17(2,3)14-11-25-15(22-14)5-8-20-16(19-4)21-12-18(6-9-23)7-10-24-13-18/h11,23H,5-10,12-13H2,1-4H3,(H2,19,20,21). The Kier molecular flexibility index (Phi) is 7.22. The van der Waals surface area contributed by atoms with Crippen LogP contribution < -0.4 is 10.6 Å². The maximum absolute atomic E-state index is 9.31. The summed E-state index contributed by atoms with van der Waals surface area (Å²) >= 11 is 1.72. The molecule has 1 fully saturated rings. The fraction of sp³-hybridized carbons (Fsp3) is 0.778. The fourth-order valence-corrected chi connectivity index (χ4v) is 3.89. The SMILES string of the molecule is CN=C(NCCc1nc(C(C)(C)C)cs1)NCC1(CCO)CCOC1. The Morgan fingerprint density at radius 2 is 2.24 bits per heavy atom. The minimum atomic E-state index is 0.0172. The van der Waals surface area contributed by atoms with Crippen molar-refractivity contribution in [3.05, 3.63) is 16.1 Å². The zero-order valence-corrected chi connectivity index (χ0v) is 16.7. The number of thiazole rings is 1. The molecule has 0 aromatic carbocycles. The van der Waals surface area contributed by atoms with Gasteiger partial charge in [0.25, 0.3) is 0 Å². The van der Waals surface area contributed by atoms with E-state index in [0.717, 1.165) is 55.6 Å². The summed E-state index contributed by atoms with van der Waals surface area (Å²) in [6.45, 7) is 9.77. The average Bonchev–Trinajstić information content (AvgIpc) is 3.20. The van der Waals surface area contributed by atoms with Crippen LogP contribution in [0.5, 0.6) is 0 Å². The first-order valence-electron chi connectivity index (χ1n) is 8.96. The third kappa shape index (κ3) is 5.94. The van der Waals surface area contributed by atoms with Gasteiger partial charge in [0.15, 0.2) is 5.96 Å². The number of guanidine groups is 1. The van der Waals surface area contributed by atoms with Crippen LogP contribution in [0, 0.1) is 5.41 Å². The first kappa shape index (κ1) is 20.1. The second-order valence-corrected chi connectivity index (χ2v) is 8.70. The van der Waals surface area contributed by atoms with Crippen LogP contribution in [0.1, 0.15) is 44.3 Å². The number of aliphatic imine (C=N–C) groups is 1. The van der Waals surface area contributed by atoms with Crippen molar-refractivity contribution >= 4 is 17.3 Å². The second kappa shape index (κ2) is 8.96. The van der Waals surface area contributed by atoms with Crippen LogP contribution in [0.15, 0.2) is 10.4 Å². The first-order chi connectivity index (χ1) is 11.9. The monoisotopic (exact) mass is 368 g/mol. The molecule has 6 nitrogen and oxygen atoms in total. The summed E-state index contributed by atoms with van der Waals surface area (Å²) < 4.78 is 5.53. The zero-order valence-electron chi connectivity index (χ0n) is 15.9. The molecular formula is C18H32N4O2S. The van der Waals surface area contributed by atoms with E-state index in [4.69, 9.17) is 9.72 Å². The maximum atomic E-state index is 9.31. The number of aliphatic hydroxyl groups excluding tert-OH is 1. The molecule has 2 heterocycles. The van der Waals surface area contributed by atoms with Gasteiger partial charge in [-0.3, -0.25) is 4.99 Å². The lowest BCUT2D eigenvalue weighted by atomic mass is 9.84. The van der Waals surface area contributed by atoms with Crippen molar-refractivity contribution in [1.29, 1.82) is 0 Å². The highest BCUT2D eigenvalue weighted by atomic mass is 32.1. The van der Waals surface area contributed by atoms with E-state index in [0.29, 0.717) is 6.61 Å². The molecule has 1 atom stereocenters. The van der Waals surface area contributed by atoms with Crippen molar-refractivity contribution in [3.8, 4) is 0 Å². The minimum Gasteiger partial charge on any atom is -0.396 e. The Bertz CT molecular complexity index is 560. The number of ether oxygens (including phenoxy) is 1. The number of aliphatic hydroxyl groups is 1. The highest BCUT2D eigenvalue weighted by Crippen LogP contribution is 2.31. The van der Waals surface area contributed by atoms with Gasteiger partial charge in [-0.15, -0.1) is 11.3 Å². The predicted molar refractivity (Wildman–Crippen MR) is 103 cm³/mol. The molecule has 142 valence electrons. The summed E-state index contributed by atoms with van der Waals surface area (Å²) in [4.78, 5) is 9.01. The Morgan fingerprint density at radius 1 is 1.44 bits per heavy atom. The summed E-state index contributed by atoms with van der Waals surface area (Å²) in [6, 6.07) is 0. The van der Waals surface area contributed by atoms with Crippen molar-refractivity contribution in [2.45, 2.75) is 45.4 Å². The van der Waals surface area contributed by atoms with Crippen molar-refractivity contribution in [2.24, 2.45) is 10.4 Å². The molecule has 3 N–H and O–H groups in total. The second-order valence-electron chi connectivity index (χ2n) is 7.76. The smallest absolute Gasteiger partial charge is 0.191 e. The van der Waals surface area contributed by atoms with E-state index in [2.05, 4.69) is 41.8 Å². The molecule has 0 amide bonds. The third-order valence-corrected chi connectivity index (χ3v) is 5.54. The van der Waals surface area contributed by atoms with Gasteiger partial charge in [-0.05, 0) is 12.8 Å². The summed E-state index contributed by atoms with van der Waals surface area (Å²) in [5, 5.41) is 19.3. The number of nitrogens with one attached hydrogen (secondary N) is 2. The van der Waals surface area contributed by atoms with Crippen LogP contribution in [-0.2, 0) is 16.6 Å². The summed E-state index contributed by atoms with van der Waals surface area (Å²) in [5.41, 5.74) is 1.27. The van der Waals surface area contributed by atoms with Gasteiger partial charge in [0.1, 0.15) is 0 Å². The van der Waals surface area contributed by atoms with Crippen molar-refractivity contribution in [2.75, 3.05) is 40.0 Å². The van der Waals surface area contributed by atoms with Crippen LogP contribution in [0.25, 0.3) is 0 Å². The van der Waals surface area contributed by atoms with Gasteiger partial charge in [-0.25, -0.2) is 4.98 Å². The molecule has 1 unspecified atom stereocenters. The molecule has 25 heavy (non-hydrogen) atoms. The van der Waals surface area contributed by atoms with E-state index in [1.807, 2.05) is 0 Å². The van der Waals surface area contributed by atoms with Crippen molar-refractivity contribution in [3.63, 3.8) is 0 Å². The van der Waals surface area contributed by atoms with Crippen LogP contribution in [0.3, 0.4) is 0 Å². The molecule has 1 aromatic rings. The lowest BCUT2D eigenvalue weighted by Crippen LogP contribution is -2.45. The Labute approximate surface area is 155 Å². The normalized spacial score (nSPS) is 21.6. The number of rotatable bonds is 7. The Balaban J connectivity index is 1.77. The number of nitrogens with zero attached hydrogens (tertiary/aromatic N) is 2. The van der Waals surface area contributed by atoms with Crippen LogP contribution in [0.4, 0.5) is 0 Å². The molecule has 1 aromatic heterocycles. The molecule has 0 radical (unpaired) electrons. The molecule has 0 saturated carbocycles. The van der Waals surface area contributed by atoms with Crippen molar-refractivity contribution < 1.29 is 9.84 Å². The lowest BCUT2D eigenvalue weighted by Gasteiger charge is -2.27. The largest absolute Gasteiger partial charge is 0.396 e. The van der Waals surface area contributed by atoms with Gasteiger partial charge in [-0.2, -0.15) is 0 Å². The molecule has 0 spiro atoms. The van der Waals surface area contributed by atoms with E-state index >= 15 is 0 Å². The van der Waals surface area contributed by atoms with Crippen LogP contribution >= 0.6 is 11.3 Å². The molecular weight excluding hydrogens is 336 g/mol. The molecule has 1 aliphatic heterocycles. The average molecular weight is 369 g/mol. The van der Waals surface area contributed by atoms with Gasteiger partial charge in [0.2, 0.25) is 0 Å². The van der Waals surface area contributed by atoms with E-state index < -0.39 is 0 Å². The topological polar surface area (TPSA) is 78.8 Å². The van der Waals surface area contributed by atoms with E-state index in [-0.39, 0.29) is 17.4 Å². The van der Waals surface area contributed by atoms with E-state index in [9.17, 15) is 5.11 Å². The zero-order chi connectivity index (χ0) is 18.3. The maximum Gasteiger partial charge on any atom is 0.191 e. The van der Waals surface area contributed by atoms with Gasteiger partial charge >= 0.3 is 0 Å². The van der Waals surface area contributed by atoms with E-state index in [1.54, 1.807) is 18.4 Å². The van der Waals surface area contributed by atoms with Crippen molar-refractivity contribution in [1.82, 2.24) is 15.6 Å². The lowest BCUT2D eigenvalue weighted by molar-refractivity contribution is 0.127. The molecule has 2 rings (SSSR count). The van der Waals surface area contributed by atoms with Crippen LogP contribution in [0.2, 0.25) is 0 Å². The van der Waals surface area contributed by atoms with Gasteiger partial charge in [0, 0.05) is 56.0 Å². The fourth-order valence-electron chi connectivity index (χ4n) is 2.86. The predicted octanol–water partition coefficient (Wildman–Crippen LogP) is 1.94. The molecule has 1 saturated heterocycles. The number of hydrogen-bond acceptors (Lipinski definition) is 5. The number of hydrogen-bond donors (Lipinski definition) is 3. The van der Waals surface area contributed by atoms with Gasteiger partial charge < -0.3 is 20.5 Å². The molecule has 0 aliphatic carbocycles. The molecule has 0 bridgehead atoms. The summed E-state index contributed by atoms with van der Waals surface area (Å²) in [6.07, 6.45) is 2.62. The highest BCUT2D eigenvalue weighted by molar-refractivity contribution is 7.09. The Morgan fingerprint density at radius 3 is 2.80 bits per heavy atom.